The fourth-order valence-electron chi connectivity index (χ4n) is 5.72. The standard InChI is InChI=1S/C31H36N4O4S/c32-31(19-39-20-31)24-10-8-23(9-11-24)30-28(22-4-2-1-3-5-22)17-26(18-33-30)34-29(36)16-21-6-12-25(13-7-21)35-40(37,38)27-14-15-27/h1-5,8-11,17-18,21,25,27,35H,6-7,12-16,19-20,32H2,(H,34,36)/t21-,25-. The van der Waals surface area contributed by atoms with Crippen LogP contribution in [0.4, 0.5) is 5.69 Å². The summed E-state index contributed by atoms with van der Waals surface area (Å²) in [5.74, 6) is 0.198. The largest absolute Gasteiger partial charge is 0.377 e. The molecule has 1 aromatic heterocycles. The average Bonchev–Trinajstić information content (AvgIpc) is 3.80. The van der Waals surface area contributed by atoms with E-state index in [1.54, 1.807) is 6.20 Å². The number of ether oxygens (including phenoxy) is 1. The van der Waals surface area contributed by atoms with Crippen LogP contribution >= 0.6 is 0 Å². The fourth-order valence-corrected chi connectivity index (χ4v) is 7.36. The molecule has 1 aliphatic heterocycles. The maximum atomic E-state index is 13.0. The van der Waals surface area contributed by atoms with Gasteiger partial charge < -0.3 is 15.8 Å². The molecule has 6 rings (SSSR count). The summed E-state index contributed by atoms with van der Waals surface area (Å²) in [6.07, 6.45) is 6.88. The van der Waals surface area contributed by atoms with E-state index in [4.69, 9.17) is 15.5 Å². The molecule has 1 saturated heterocycles. The predicted molar refractivity (Wildman–Crippen MR) is 156 cm³/mol. The van der Waals surface area contributed by atoms with Crippen molar-refractivity contribution < 1.29 is 17.9 Å². The summed E-state index contributed by atoms with van der Waals surface area (Å²) >= 11 is 0. The number of nitrogens with one attached hydrogen (secondary N) is 2. The van der Waals surface area contributed by atoms with Crippen molar-refractivity contribution in [3.8, 4) is 22.4 Å². The summed E-state index contributed by atoms with van der Waals surface area (Å²) in [5.41, 5.74) is 11.4. The van der Waals surface area contributed by atoms with Crippen LogP contribution in [0.25, 0.3) is 22.4 Å². The van der Waals surface area contributed by atoms with Gasteiger partial charge in [-0.1, -0.05) is 54.6 Å². The quantitative estimate of drug-likeness (QED) is 0.352. The second kappa shape index (κ2) is 11.0. The van der Waals surface area contributed by atoms with Gasteiger partial charge in [0.15, 0.2) is 0 Å². The van der Waals surface area contributed by atoms with E-state index in [-0.39, 0.29) is 23.1 Å². The number of amides is 1. The number of rotatable bonds is 9. The summed E-state index contributed by atoms with van der Waals surface area (Å²) in [5, 5.41) is 2.85. The second-order valence-corrected chi connectivity index (χ2v) is 13.5. The molecule has 3 fully saturated rings. The molecule has 3 aliphatic rings. The SMILES string of the molecule is NC1(c2ccc(-c3ncc(NC(=O)C[C@H]4CC[C@H](NS(=O)(=O)C5CC5)CC4)cc3-c3ccccc3)cc2)COC1. The number of carbonyl (C=O) groups is 1. The molecule has 0 unspecified atom stereocenters. The van der Waals surface area contributed by atoms with Crippen molar-refractivity contribution in [1.29, 1.82) is 0 Å². The Morgan fingerprint density at radius 2 is 1.65 bits per heavy atom. The maximum Gasteiger partial charge on any atom is 0.224 e. The molecule has 2 heterocycles. The number of aromatic nitrogens is 1. The van der Waals surface area contributed by atoms with Gasteiger partial charge in [0.25, 0.3) is 0 Å². The molecule has 2 aromatic carbocycles. The van der Waals surface area contributed by atoms with E-state index in [2.05, 4.69) is 10.0 Å². The Morgan fingerprint density at radius 3 is 2.27 bits per heavy atom. The lowest BCUT2D eigenvalue weighted by Gasteiger charge is -2.38. The third-order valence-corrected chi connectivity index (χ3v) is 10.3. The fraction of sp³-hybridized carbons (Fsp3) is 0.419. The van der Waals surface area contributed by atoms with E-state index in [1.165, 1.54) is 0 Å². The molecule has 40 heavy (non-hydrogen) atoms. The van der Waals surface area contributed by atoms with Crippen LogP contribution < -0.4 is 15.8 Å². The number of nitrogens with two attached hydrogens (primary N) is 1. The molecule has 0 atom stereocenters. The Bertz CT molecular complexity index is 1460. The molecule has 0 bridgehead atoms. The molecular weight excluding hydrogens is 524 g/mol. The van der Waals surface area contributed by atoms with Crippen LogP contribution in [0, 0.1) is 5.92 Å². The number of pyridine rings is 1. The van der Waals surface area contributed by atoms with E-state index < -0.39 is 15.6 Å². The van der Waals surface area contributed by atoms with Gasteiger partial charge in [0.2, 0.25) is 15.9 Å². The molecule has 4 N–H and O–H groups in total. The zero-order chi connectivity index (χ0) is 27.7. The Morgan fingerprint density at radius 1 is 0.950 bits per heavy atom. The first-order valence-electron chi connectivity index (χ1n) is 14.1. The summed E-state index contributed by atoms with van der Waals surface area (Å²) in [7, 11) is -3.17. The number of hydrogen-bond donors (Lipinski definition) is 3. The maximum absolute atomic E-state index is 13.0. The van der Waals surface area contributed by atoms with Gasteiger partial charge in [-0.2, -0.15) is 0 Å². The van der Waals surface area contributed by atoms with Gasteiger partial charge in [0.1, 0.15) is 0 Å². The van der Waals surface area contributed by atoms with Crippen molar-refractivity contribution in [3.63, 3.8) is 0 Å². The van der Waals surface area contributed by atoms with E-state index in [0.717, 1.165) is 66.5 Å². The van der Waals surface area contributed by atoms with Crippen molar-refractivity contribution in [2.45, 2.75) is 61.8 Å². The summed E-state index contributed by atoms with van der Waals surface area (Å²) in [6.45, 7) is 1.05. The van der Waals surface area contributed by atoms with Crippen LogP contribution in [0.1, 0.15) is 50.5 Å². The van der Waals surface area contributed by atoms with Gasteiger partial charge in [0, 0.05) is 23.6 Å². The molecule has 2 saturated carbocycles. The summed E-state index contributed by atoms with van der Waals surface area (Å²) in [4.78, 5) is 17.8. The molecule has 1 amide bonds. The Labute approximate surface area is 235 Å². The monoisotopic (exact) mass is 560 g/mol. The van der Waals surface area contributed by atoms with Crippen LogP contribution in [-0.2, 0) is 25.1 Å². The molecule has 210 valence electrons. The highest BCUT2D eigenvalue weighted by Crippen LogP contribution is 2.35. The molecule has 9 heteroatoms. The topological polar surface area (TPSA) is 123 Å². The molecular formula is C31H36N4O4S. The third-order valence-electron chi connectivity index (χ3n) is 8.32. The first-order chi connectivity index (χ1) is 19.3. The number of hydrogen-bond acceptors (Lipinski definition) is 6. The van der Waals surface area contributed by atoms with Crippen LogP contribution in [0.5, 0.6) is 0 Å². The predicted octanol–water partition coefficient (Wildman–Crippen LogP) is 4.57. The van der Waals surface area contributed by atoms with E-state index >= 15 is 0 Å². The van der Waals surface area contributed by atoms with Crippen molar-refractivity contribution in [2.24, 2.45) is 11.7 Å². The van der Waals surface area contributed by atoms with Gasteiger partial charge in [-0.3, -0.25) is 9.78 Å². The van der Waals surface area contributed by atoms with Gasteiger partial charge in [0.05, 0.1) is 41.6 Å². The van der Waals surface area contributed by atoms with Gasteiger partial charge in [-0.25, -0.2) is 13.1 Å². The lowest BCUT2D eigenvalue weighted by Crippen LogP contribution is -2.54. The summed E-state index contributed by atoms with van der Waals surface area (Å²) < 4.78 is 32.7. The normalized spacial score (nSPS) is 22.3. The van der Waals surface area contributed by atoms with Gasteiger partial charge in [-0.05, 0) is 61.6 Å². The van der Waals surface area contributed by atoms with Crippen LogP contribution in [-0.4, -0.2) is 43.8 Å². The first kappa shape index (κ1) is 27.1. The molecule has 2 aliphatic carbocycles. The lowest BCUT2D eigenvalue weighted by molar-refractivity contribution is -0.117. The second-order valence-electron chi connectivity index (χ2n) is 11.5. The number of carbonyl (C=O) groups excluding carboxylic acids is 1. The molecule has 8 nitrogen and oxygen atoms in total. The van der Waals surface area contributed by atoms with E-state index in [9.17, 15) is 13.2 Å². The highest BCUT2D eigenvalue weighted by atomic mass is 32.2. The van der Waals surface area contributed by atoms with Crippen LogP contribution in [0.15, 0.2) is 66.9 Å². The first-order valence-corrected chi connectivity index (χ1v) is 15.7. The molecule has 3 aromatic rings. The minimum Gasteiger partial charge on any atom is -0.377 e. The number of anilines is 1. The molecule has 0 spiro atoms. The number of benzene rings is 2. The van der Waals surface area contributed by atoms with E-state index in [0.29, 0.717) is 25.3 Å². The van der Waals surface area contributed by atoms with Crippen molar-refractivity contribution in [3.05, 3.63) is 72.4 Å². The van der Waals surface area contributed by atoms with Crippen molar-refractivity contribution >= 4 is 21.6 Å². The molecule has 0 radical (unpaired) electrons. The average molecular weight is 561 g/mol. The van der Waals surface area contributed by atoms with Crippen LogP contribution in [0.2, 0.25) is 0 Å². The Kier molecular flexibility index (Phi) is 7.48. The third kappa shape index (κ3) is 5.98. The highest BCUT2D eigenvalue weighted by molar-refractivity contribution is 7.90. The van der Waals surface area contributed by atoms with Crippen molar-refractivity contribution in [1.82, 2.24) is 9.71 Å². The Hall–Kier alpha value is -3.11. The highest BCUT2D eigenvalue weighted by Gasteiger charge is 2.38. The van der Waals surface area contributed by atoms with Crippen molar-refractivity contribution in [2.75, 3.05) is 18.5 Å². The van der Waals surface area contributed by atoms with Gasteiger partial charge in [-0.15, -0.1) is 0 Å². The van der Waals surface area contributed by atoms with Gasteiger partial charge >= 0.3 is 0 Å². The zero-order valence-electron chi connectivity index (χ0n) is 22.5. The van der Waals surface area contributed by atoms with E-state index in [1.807, 2.05) is 60.7 Å². The minimum atomic E-state index is -3.17. The zero-order valence-corrected chi connectivity index (χ0v) is 23.3. The number of sulfonamides is 1. The minimum absolute atomic E-state index is 0.0124. The number of nitrogens with zero attached hydrogens (tertiary/aromatic N) is 1. The lowest BCUT2D eigenvalue weighted by atomic mass is 9.84. The smallest absolute Gasteiger partial charge is 0.224 e. The summed E-state index contributed by atoms with van der Waals surface area (Å²) in [6, 6.07) is 20.2. The Balaban J connectivity index is 1.12. The van der Waals surface area contributed by atoms with Crippen LogP contribution in [0.3, 0.4) is 0 Å².